The molecule has 0 bridgehead atoms. The molecule has 46 heavy (non-hydrogen) atoms. The molecule has 0 heterocycles. The smallest absolute Gasteiger partial charge is 0.0482 e. The first-order valence-corrected chi connectivity index (χ1v) is 16.9. The molecule has 228 valence electrons. The molecule has 0 spiro atoms. The van der Waals surface area contributed by atoms with Crippen LogP contribution in [0.5, 0.6) is 0 Å². The zero-order chi connectivity index (χ0) is 31.3. The highest BCUT2D eigenvalue weighted by molar-refractivity contribution is 5.84. The van der Waals surface area contributed by atoms with Gasteiger partial charge in [-0.15, -0.1) is 0 Å². The summed E-state index contributed by atoms with van der Waals surface area (Å²) in [6, 6.07) is 35.8. The van der Waals surface area contributed by atoms with Crippen molar-refractivity contribution in [1.29, 1.82) is 0 Å². The number of aryl methyl sites for hydroxylation is 1. The van der Waals surface area contributed by atoms with Crippen molar-refractivity contribution < 1.29 is 0 Å². The fourth-order valence-electron chi connectivity index (χ4n) is 6.98. The molecular weight excluding hydrogens is 555 g/mol. The van der Waals surface area contributed by atoms with Gasteiger partial charge in [0.1, 0.15) is 0 Å². The summed E-state index contributed by atoms with van der Waals surface area (Å²) in [6.07, 6.45) is 23.2. The van der Waals surface area contributed by atoms with E-state index in [1.165, 1.54) is 73.2 Å². The van der Waals surface area contributed by atoms with Crippen LogP contribution < -0.4 is 5.32 Å². The second-order valence-electron chi connectivity index (χ2n) is 12.9. The van der Waals surface area contributed by atoms with Gasteiger partial charge in [0.2, 0.25) is 0 Å². The summed E-state index contributed by atoms with van der Waals surface area (Å²) in [5.41, 5.74) is 17.2. The highest BCUT2D eigenvalue weighted by Crippen LogP contribution is 2.36. The lowest BCUT2D eigenvalue weighted by molar-refractivity contribution is 0.813. The molecule has 0 saturated heterocycles. The number of benzene rings is 4. The summed E-state index contributed by atoms with van der Waals surface area (Å²) < 4.78 is 0. The summed E-state index contributed by atoms with van der Waals surface area (Å²) in [5.74, 6) is 0. The van der Waals surface area contributed by atoms with E-state index in [-0.39, 0.29) is 6.04 Å². The van der Waals surface area contributed by atoms with Crippen LogP contribution in [0.25, 0.3) is 33.4 Å². The summed E-state index contributed by atoms with van der Waals surface area (Å²) in [7, 11) is 0. The number of nitrogens with one attached hydrogen (secondary N) is 1. The zero-order valence-electron chi connectivity index (χ0n) is 27.1. The van der Waals surface area contributed by atoms with Crippen LogP contribution in [-0.4, -0.2) is 6.04 Å². The lowest BCUT2D eigenvalue weighted by Gasteiger charge is -2.21. The minimum Gasteiger partial charge on any atom is -0.379 e. The molecule has 3 aliphatic carbocycles. The lowest BCUT2D eigenvalue weighted by atomic mass is 9.91. The Bertz CT molecular complexity index is 1910. The molecule has 0 fully saturated rings. The Hall–Kier alpha value is -4.88. The largest absolute Gasteiger partial charge is 0.379 e. The molecule has 0 radical (unpaired) electrons. The molecule has 1 atom stereocenters. The fraction of sp³-hybridized carbons (Fsp3) is 0.200. The SMILES string of the molecule is CC1=C(c2ccccc2C)C=C(C2=CCC(Nc3ccc(-c4cc(C5=CCCC=C5)cc(-c5ccccc5)c4)cc3)C=C2)CCC1. The van der Waals surface area contributed by atoms with Gasteiger partial charge in [-0.1, -0.05) is 115 Å². The maximum atomic E-state index is 3.77. The summed E-state index contributed by atoms with van der Waals surface area (Å²) in [5, 5.41) is 3.77. The third-order valence-electron chi connectivity index (χ3n) is 9.62. The fourth-order valence-corrected chi connectivity index (χ4v) is 6.98. The average Bonchev–Trinajstić information content (AvgIpc) is 3.31. The predicted octanol–water partition coefficient (Wildman–Crippen LogP) is 12.3. The van der Waals surface area contributed by atoms with Crippen molar-refractivity contribution in [2.45, 2.75) is 58.4 Å². The number of hydrogen-bond acceptors (Lipinski definition) is 1. The van der Waals surface area contributed by atoms with E-state index in [2.05, 4.69) is 159 Å². The van der Waals surface area contributed by atoms with E-state index in [0.29, 0.717) is 0 Å². The number of anilines is 1. The van der Waals surface area contributed by atoms with Gasteiger partial charge in [0, 0.05) is 11.7 Å². The third-order valence-corrected chi connectivity index (χ3v) is 9.62. The van der Waals surface area contributed by atoms with E-state index in [0.717, 1.165) is 37.8 Å². The van der Waals surface area contributed by atoms with Gasteiger partial charge in [0.15, 0.2) is 0 Å². The quantitative estimate of drug-likeness (QED) is 0.223. The van der Waals surface area contributed by atoms with Gasteiger partial charge in [-0.25, -0.2) is 0 Å². The van der Waals surface area contributed by atoms with Gasteiger partial charge in [0.25, 0.3) is 0 Å². The molecule has 7 rings (SSSR count). The molecule has 1 nitrogen and oxygen atoms in total. The molecule has 1 N–H and O–H groups in total. The predicted molar refractivity (Wildman–Crippen MR) is 199 cm³/mol. The van der Waals surface area contributed by atoms with Crippen LogP contribution in [0.1, 0.15) is 62.1 Å². The molecule has 0 aromatic heterocycles. The van der Waals surface area contributed by atoms with Gasteiger partial charge >= 0.3 is 0 Å². The van der Waals surface area contributed by atoms with Crippen molar-refractivity contribution in [2.24, 2.45) is 0 Å². The third kappa shape index (κ3) is 6.70. The van der Waals surface area contributed by atoms with E-state index in [1.54, 1.807) is 0 Å². The van der Waals surface area contributed by atoms with E-state index >= 15 is 0 Å². The minimum absolute atomic E-state index is 0.284. The first kappa shape index (κ1) is 29.8. The van der Waals surface area contributed by atoms with Crippen molar-refractivity contribution in [3.63, 3.8) is 0 Å². The van der Waals surface area contributed by atoms with Gasteiger partial charge in [0.05, 0.1) is 0 Å². The molecule has 0 saturated carbocycles. The number of hydrogen-bond donors (Lipinski definition) is 1. The highest BCUT2D eigenvalue weighted by Gasteiger charge is 2.17. The van der Waals surface area contributed by atoms with Gasteiger partial charge in [-0.05, 0) is 144 Å². The standard InChI is InChI=1S/C45H43N/c1-32-12-9-10-19-44(32)45-31-38(18-11-13-33(45)2)36-20-24-42(25-21-36)46-43-26-22-37(23-27-43)41-29-39(34-14-5-3-6-15-34)28-40(30-41)35-16-7-4-8-17-35/h3,5-7,9-10,12,14-17,19-24,26-31,42,46H,4,8,11,13,18,25H2,1-2H3. The Labute approximate surface area is 275 Å². The number of allylic oxidation sites excluding steroid dienone is 10. The molecule has 4 aromatic carbocycles. The normalized spacial score (nSPS) is 18.0. The topological polar surface area (TPSA) is 12.0 Å². The van der Waals surface area contributed by atoms with Crippen molar-refractivity contribution >= 4 is 16.8 Å². The Morgan fingerprint density at radius 2 is 1.37 bits per heavy atom. The molecular formula is C45H43N. The monoisotopic (exact) mass is 597 g/mol. The van der Waals surface area contributed by atoms with Crippen LogP contribution in [0.15, 0.2) is 156 Å². The van der Waals surface area contributed by atoms with Crippen LogP contribution in [0, 0.1) is 6.92 Å². The minimum atomic E-state index is 0.284. The maximum Gasteiger partial charge on any atom is 0.0482 e. The van der Waals surface area contributed by atoms with Crippen LogP contribution in [0.2, 0.25) is 0 Å². The second kappa shape index (κ2) is 13.6. The zero-order valence-corrected chi connectivity index (χ0v) is 27.1. The van der Waals surface area contributed by atoms with E-state index in [9.17, 15) is 0 Å². The maximum absolute atomic E-state index is 3.77. The van der Waals surface area contributed by atoms with Crippen molar-refractivity contribution in [1.82, 2.24) is 0 Å². The second-order valence-corrected chi connectivity index (χ2v) is 12.9. The number of rotatable bonds is 7. The Balaban J connectivity index is 1.07. The molecule has 3 aliphatic rings. The molecule has 0 aliphatic heterocycles. The summed E-state index contributed by atoms with van der Waals surface area (Å²) in [4.78, 5) is 0. The van der Waals surface area contributed by atoms with Crippen molar-refractivity contribution in [3.05, 3.63) is 173 Å². The van der Waals surface area contributed by atoms with Gasteiger partial charge < -0.3 is 5.32 Å². The van der Waals surface area contributed by atoms with Crippen LogP contribution >= 0.6 is 0 Å². The lowest BCUT2D eigenvalue weighted by Crippen LogP contribution is -2.18. The first-order chi connectivity index (χ1) is 22.6. The molecule has 4 aromatic rings. The van der Waals surface area contributed by atoms with Gasteiger partial charge in [-0.2, -0.15) is 0 Å². The van der Waals surface area contributed by atoms with Crippen molar-refractivity contribution in [3.8, 4) is 22.3 Å². The molecule has 1 heteroatoms. The van der Waals surface area contributed by atoms with E-state index in [1.807, 2.05) is 0 Å². The molecule has 1 unspecified atom stereocenters. The Morgan fingerprint density at radius 1 is 0.630 bits per heavy atom. The van der Waals surface area contributed by atoms with E-state index in [4.69, 9.17) is 0 Å². The first-order valence-electron chi connectivity index (χ1n) is 16.9. The van der Waals surface area contributed by atoms with Crippen LogP contribution in [-0.2, 0) is 0 Å². The summed E-state index contributed by atoms with van der Waals surface area (Å²) >= 11 is 0. The molecule has 0 amide bonds. The average molecular weight is 598 g/mol. The van der Waals surface area contributed by atoms with Crippen molar-refractivity contribution in [2.75, 3.05) is 5.32 Å². The van der Waals surface area contributed by atoms with Gasteiger partial charge in [-0.3, -0.25) is 0 Å². The highest BCUT2D eigenvalue weighted by atomic mass is 14.9. The summed E-state index contributed by atoms with van der Waals surface area (Å²) in [6.45, 7) is 4.53. The van der Waals surface area contributed by atoms with Crippen LogP contribution in [0.4, 0.5) is 5.69 Å². The van der Waals surface area contributed by atoms with E-state index < -0.39 is 0 Å². The Kier molecular flexibility index (Phi) is 8.83. The van der Waals surface area contributed by atoms with Crippen LogP contribution in [0.3, 0.4) is 0 Å². The Morgan fingerprint density at radius 3 is 2.09 bits per heavy atom.